The summed E-state index contributed by atoms with van der Waals surface area (Å²) in [5, 5.41) is 4.72. The van der Waals surface area contributed by atoms with Crippen LogP contribution in [0.4, 0.5) is 5.82 Å². The minimum absolute atomic E-state index is 0.0386. The predicted molar refractivity (Wildman–Crippen MR) is 145 cm³/mol. The molecule has 5 rings (SSSR count). The Morgan fingerprint density at radius 2 is 1.97 bits per heavy atom. The molecule has 2 fully saturated rings. The number of hydrogen-bond acceptors (Lipinski definition) is 7. The van der Waals surface area contributed by atoms with Crippen molar-refractivity contribution < 1.29 is 0 Å². The van der Waals surface area contributed by atoms with E-state index in [0.717, 1.165) is 47.6 Å². The van der Waals surface area contributed by atoms with Gasteiger partial charge in [-0.3, -0.25) is 15.3 Å². The van der Waals surface area contributed by atoms with Crippen LogP contribution in [0.3, 0.4) is 0 Å². The maximum atomic E-state index is 6.66. The van der Waals surface area contributed by atoms with Crippen LogP contribution in [0.25, 0.3) is 10.9 Å². The average molecular weight is 477 g/mol. The Hall–Kier alpha value is -2.71. The van der Waals surface area contributed by atoms with Crippen molar-refractivity contribution in [3.8, 4) is 0 Å². The van der Waals surface area contributed by atoms with Crippen molar-refractivity contribution in [2.24, 2.45) is 9.98 Å². The Labute approximate surface area is 209 Å². The molecule has 4 heterocycles. The zero-order chi connectivity index (χ0) is 24.4. The third kappa shape index (κ3) is 5.14. The van der Waals surface area contributed by atoms with Gasteiger partial charge in [-0.05, 0) is 65.3 Å². The Balaban J connectivity index is 1.21. The van der Waals surface area contributed by atoms with Crippen molar-refractivity contribution in [3.05, 3.63) is 35.9 Å². The summed E-state index contributed by atoms with van der Waals surface area (Å²) in [5.74, 6) is 1.93. The monoisotopic (exact) mass is 476 g/mol. The summed E-state index contributed by atoms with van der Waals surface area (Å²) in [6.07, 6.45) is 18.2. The van der Waals surface area contributed by atoms with Gasteiger partial charge in [0.15, 0.2) is 0 Å². The molecule has 2 atom stereocenters. The predicted octanol–water partition coefficient (Wildman–Crippen LogP) is 3.80. The Morgan fingerprint density at radius 3 is 2.66 bits per heavy atom. The lowest BCUT2D eigenvalue weighted by Gasteiger charge is -2.37. The number of nitrogens with two attached hydrogens (primary N) is 1. The second kappa shape index (κ2) is 10.5. The lowest BCUT2D eigenvalue weighted by molar-refractivity contribution is 0.169. The SMILES string of the molecule is CC(/N=C\c1c(N)n(C2CCCC2)c2cnccc12)NC1C=NC(N2CCC(N(C)C)CC2)=CC1. The maximum Gasteiger partial charge on any atom is 0.124 e. The van der Waals surface area contributed by atoms with Crippen LogP contribution in [-0.2, 0) is 0 Å². The first kappa shape index (κ1) is 24.0. The number of hydrogen-bond donors (Lipinski definition) is 2. The molecule has 2 unspecified atom stereocenters. The molecule has 0 aromatic carbocycles. The normalized spacial score (nSPS) is 23.1. The molecule has 0 bridgehead atoms. The van der Waals surface area contributed by atoms with Gasteiger partial charge in [0.25, 0.3) is 0 Å². The summed E-state index contributed by atoms with van der Waals surface area (Å²) in [6, 6.07) is 3.39. The summed E-state index contributed by atoms with van der Waals surface area (Å²) in [7, 11) is 4.36. The number of nitrogens with zero attached hydrogens (tertiary/aromatic N) is 6. The first-order valence-corrected chi connectivity index (χ1v) is 13.2. The van der Waals surface area contributed by atoms with Crippen molar-refractivity contribution in [2.75, 3.05) is 32.9 Å². The molecule has 8 nitrogen and oxygen atoms in total. The molecule has 0 radical (unpaired) electrons. The molecule has 1 aliphatic carbocycles. The molecule has 188 valence electrons. The first-order valence-electron chi connectivity index (χ1n) is 13.2. The minimum atomic E-state index is -0.0386. The van der Waals surface area contributed by atoms with E-state index in [1.165, 1.54) is 38.5 Å². The lowest BCUT2D eigenvalue weighted by atomic mass is 10.0. The number of aliphatic imine (C=N–C) groups is 2. The fraction of sp³-hybridized carbons (Fsp3) is 0.593. The van der Waals surface area contributed by atoms with Gasteiger partial charge in [0.2, 0.25) is 0 Å². The third-order valence-corrected chi connectivity index (χ3v) is 7.92. The van der Waals surface area contributed by atoms with Gasteiger partial charge >= 0.3 is 0 Å². The average Bonchev–Trinajstić information content (AvgIpc) is 3.49. The summed E-state index contributed by atoms with van der Waals surface area (Å²) < 4.78 is 2.29. The highest BCUT2D eigenvalue weighted by atomic mass is 15.2. The zero-order valence-corrected chi connectivity index (χ0v) is 21.4. The van der Waals surface area contributed by atoms with E-state index >= 15 is 0 Å². The van der Waals surface area contributed by atoms with Gasteiger partial charge in [-0.2, -0.15) is 0 Å². The van der Waals surface area contributed by atoms with Crippen molar-refractivity contribution in [2.45, 2.75) is 76.2 Å². The number of fused-ring (bicyclic) bond motifs is 1. The molecule has 2 aromatic rings. The first-order chi connectivity index (χ1) is 17.0. The summed E-state index contributed by atoms with van der Waals surface area (Å²) >= 11 is 0. The number of nitrogen functional groups attached to an aromatic ring is 1. The van der Waals surface area contributed by atoms with E-state index in [4.69, 9.17) is 15.7 Å². The second-order valence-electron chi connectivity index (χ2n) is 10.5. The van der Waals surface area contributed by atoms with Crippen LogP contribution in [0.15, 0.2) is 40.3 Å². The Morgan fingerprint density at radius 1 is 1.20 bits per heavy atom. The number of nitrogens with one attached hydrogen (secondary N) is 1. The molecule has 2 aromatic heterocycles. The minimum Gasteiger partial charge on any atom is -0.385 e. The van der Waals surface area contributed by atoms with Crippen LogP contribution in [0, 0.1) is 0 Å². The summed E-state index contributed by atoms with van der Waals surface area (Å²) in [5.41, 5.74) is 8.78. The molecule has 2 aliphatic heterocycles. The third-order valence-electron chi connectivity index (χ3n) is 7.92. The largest absolute Gasteiger partial charge is 0.385 e. The molecule has 8 heteroatoms. The number of likely N-dealkylation sites (tertiary alicyclic amines) is 1. The van der Waals surface area contributed by atoms with Crippen LogP contribution in [0.1, 0.15) is 63.5 Å². The van der Waals surface area contributed by atoms with Crippen molar-refractivity contribution in [1.82, 2.24) is 24.7 Å². The maximum absolute atomic E-state index is 6.66. The van der Waals surface area contributed by atoms with Crippen LogP contribution in [-0.4, -0.2) is 77.2 Å². The van der Waals surface area contributed by atoms with E-state index in [1.807, 2.05) is 24.8 Å². The molecule has 3 N–H and O–H groups in total. The number of aromatic nitrogens is 2. The van der Waals surface area contributed by atoms with Gasteiger partial charge in [0.05, 0.1) is 17.9 Å². The highest BCUT2D eigenvalue weighted by Crippen LogP contribution is 2.37. The fourth-order valence-corrected chi connectivity index (χ4v) is 5.88. The Kier molecular flexibility index (Phi) is 7.20. The fourth-order valence-electron chi connectivity index (χ4n) is 5.88. The van der Waals surface area contributed by atoms with Crippen molar-refractivity contribution in [3.63, 3.8) is 0 Å². The molecule has 1 saturated carbocycles. The van der Waals surface area contributed by atoms with Gasteiger partial charge in [0.1, 0.15) is 11.6 Å². The van der Waals surface area contributed by atoms with E-state index in [0.29, 0.717) is 12.1 Å². The molecule has 1 saturated heterocycles. The molecule has 0 spiro atoms. The summed E-state index contributed by atoms with van der Waals surface area (Å²) in [4.78, 5) is 18.7. The van der Waals surface area contributed by atoms with Crippen LogP contribution >= 0.6 is 0 Å². The van der Waals surface area contributed by atoms with Crippen LogP contribution in [0.5, 0.6) is 0 Å². The number of pyridine rings is 1. The van der Waals surface area contributed by atoms with Crippen LogP contribution < -0.4 is 11.1 Å². The molecular formula is C27H40N8. The standard InChI is InChI=1S/C27H40N8/c1-19(32-20-8-9-26(31-16-20)34-14-11-21(12-15-34)33(2)3)30-17-24-23-10-13-29-18-25(23)35(27(24)28)22-6-4-5-7-22/h9-10,13,16-22,32H,4-8,11-12,14-15,28H2,1-3H3/b30-17-. The van der Waals surface area contributed by atoms with E-state index in [2.05, 4.69) is 57.8 Å². The zero-order valence-electron chi connectivity index (χ0n) is 21.4. The van der Waals surface area contributed by atoms with Crippen LogP contribution in [0.2, 0.25) is 0 Å². The lowest BCUT2D eigenvalue weighted by Crippen LogP contribution is -2.42. The molecule has 3 aliphatic rings. The molecule has 0 amide bonds. The van der Waals surface area contributed by atoms with Gasteiger partial charge in [0, 0.05) is 60.8 Å². The van der Waals surface area contributed by atoms with E-state index in [-0.39, 0.29) is 12.2 Å². The van der Waals surface area contributed by atoms with E-state index in [1.54, 1.807) is 0 Å². The van der Waals surface area contributed by atoms with Gasteiger partial charge in [-0.25, -0.2) is 4.99 Å². The van der Waals surface area contributed by atoms with Crippen molar-refractivity contribution in [1.29, 1.82) is 0 Å². The molecule has 35 heavy (non-hydrogen) atoms. The number of anilines is 1. The van der Waals surface area contributed by atoms with E-state index < -0.39 is 0 Å². The second-order valence-corrected chi connectivity index (χ2v) is 10.5. The Bertz CT molecular complexity index is 1100. The van der Waals surface area contributed by atoms with E-state index in [9.17, 15) is 0 Å². The topological polar surface area (TPSA) is 87.1 Å². The smallest absolute Gasteiger partial charge is 0.124 e. The molecular weight excluding hydrogens is 436 g/mol. The van der Waals surface area contributed by atoms with Gasteiger partial charge in [-0.15, -0.1) is 0 Å². The summed E-state index contributed by atoms with van der Waals surface area (Å²) in [6.45, 7) is 4.25. The van der Waals surface area contributed by atoms with Gasteiger partial charge in [-0.1, -0.05) is 12.8 Å². The quantitative estimate of drug-likeness (QED) is 0.594. The highest BCUT2D eigenvalue weighted by Gasteiger charge is 2.25. The number of rotatable bonds is 7. The number of piperidine rings is 1. The van der Waals surface area contributed by atoms with Crippen molar-refractivity contribution >= 4 is 29.1 Å². The highest BCUT2D eigenvalue weighted by molar-refractivity contribution is 6.04. The van der Waals surface area contributed by atoms with Gasteiger partial charge < -0.3 is 20.1 Å².